The Kier molecular flexibility index (Phi) is 5.75. The van der Waals surface area contributed by atoms with E-state index in [2.05, 4.69) is 27.4 Å². The van der Waals surface area contributed by atoms with E-state index in [9.17, 15) is 4.79 Å². The molecule has 1 aliphatic rings. The number of carbonyl (C=O) groups excluding carboxylic acids is 1. The summed E-state index contributed by atoms with van der Waals surface area (Å²) in [4.78, 5) is 21.4. The summed E-state index contributed by atoms with van der Waals surface area (Å²) < 4.78 is 13.1. The molecular formula is C21H25N3O3S. The van der Waals surface area contributed by atoms with Gasteiger partial charge in [-0.3, -0.25) is 9.69 Å². The van der Waals surface area contributed by atoms with Crippen molar-refractivity contribution >= 4 is 27.3 Å². The number of nitrogens with zero attached hydrogens (tertiary/aromatic N) is 3. The van der Waals surface area contributed by atoms with Crippen LogP contribution in [0.2, 0.25) is 0 Å². The van der Waals surface area contributed by atoms with Crippen LogP contribution in [0.4, 0.5) is 0 Å². The van der Waals surface area contributed by atoms with Gasteiger partial charge in [0.1, 0.15) is 4.83 Å². The van der Waals surface area contributed by atoms with E-state index in [0.717, 1.165) is 54.5 Å². The lowest BCUT2D eigenvalue weighted by molar-refractivity contribution is 0.0365. The second kappa shape index (κ2) is 8.43. The zero-order chi connectivity index (χ0) is 19.5. The van der Waals surface area contributed by atoms with Crippen molar-refractivity contribution in [2.45, 2.75) is 20.4 Å². The van der Waals surface area contributed by atoms with E-state index in [0.29, 0.717) is 18.1 Å². The van der Waals surface area contributed by atoms with Crippen molar-refractivity contribution in [3.8, 4) is 5.88 Å². The van der Waals surface area contributed by atoms with Crippen LogP contribution in [-0.2, 0) is 11.3 Å². The Hall–Kier alpha value is -2.22. The van der Waals surface area contributed by atoms with Gasteiger partial charge in [-0.05, 0) is 32.0 Å². The van der Waals surface area contributed by atoms with Gasteiger partial charge in [-0.2, -0.15) is 0 Å². The molecule has 0 saturated carbocycles. The van der Waals surface area contributed by atoms with Gasteiger partial charge < -0.3 is 14.0 Å². The van der Waals surface area contributed by atoms with E-state index in [1.807, 2.05) is 13.0 Å². The molecule has 28 heavy (non-hydrogen) atoms. The third-order valence-electron chi connectivity index (χ3n) is 5.03. The monoisotopic (exact) mass is 399 g/mol. The second-order valence-corrected chi connectivity index (χ2v) is 7.94. The number of aryl methyl sites for hydroxylation is 1. The minimum atomic E-state index is 0.00845. The van der Waals surface area contributed by atoms with Crippen LogP contribution in [0.3, 0.4) is 0 Å². The van der Waals surface area contributed by atoms with Crippen LogP contribution in [0.15, 0.2) is 30.5 Å². The molecule has 3 aromatic heterocycles. The van der Waals surface area contributed by atoms with Crippen LogP contribution in [0.25, 0.3) is 10.2 Å². The topological polar surface area (TPSA) is 56.6 Å². The molecule has 4 rings (SSSR count). The molecule has 0 aromatic carbocycles. The van der Waals surface area contributed by atoms with E-state index in [-0.39, 0.29) is 5.78 Å². The molecule has 6 nitrogen and oxygen atoms in total. The number of hydrogen-bond acceptors (Lipinski definition) is 6. The van der Waals surface area contributed by atoms with E-state index >= 15 is 0 Å². The lowest BCUT2D eigenvalue weighted by Crippen LogP contribution is -2.38. The van der Waals surface area contributed by atoms with Gasteiger partial charge in [0.25, 0.3) is 0 Å². The summed E-state index contributed by atoms with van der Waals surface area (Å²) in [7, 11) is 0. The fourth-order valence-electron chi connectivity index (χ4n) is 3.52. The zero-order valence-corrected chi connectivity index (χ0v) is 17.1. The Morgan fingerprint density at radius 2 is 2.07 bits per heavy atom. The molecule has 0 atom stereocenters. The second-order valence-electron chi connectivity index (χ2n) is 6.91. The summed E-state index contributed by atoms with van der Waals surface area (Å²) in [6.07, 6.45) is 1.59. The Labute approximate surface area is 168 Å². The molecule has 3 aromatic rings. The zero-order valence-electron chi connectivity index (χ0n) is 16.3. The lowest BCUT2D eigenvalue weighted by Gasteiger charge is -2.26. The SMILES string of the molecule is CCOc1ccc(C(=O)c2cc3cc(C)n(CCN4CCOCC4)c3s2)cn1. The van der Waals surface area contributed by atoms with E-state index < -0.39 is 0 Å². The first-order valence-electron chi connectivity index (χ1n) is 9.69. The number of aromatic nitrogens is 2. The number of carbonyl (C=O) groups is 1. The van der Waals surface area contributed by atoms with Crippen LogP contribution >= 0.6 is 11.3 Å². The molecule has 4 heterocycles. The number of fused-ring (bicyclic) bond motifs is 1. The number of ketones is 1. The van der Waals surface area contributed by atoms with Gasteiger partial charge in [0.05, 0.1) is 24.7 Å². The van der Waals surface area contributed by atoms with Crippen molar-refractivity contribution in [3.63, 3.8) is 0 Å². The quantitative estimate of drug-likeness (QED) is 0.570. The molecule has 0 amide bonds. The molecule has 0 spiro atoms. The molecule has 0 bridgehead atoms. The minimum absolute atomic E-state index is 0.00845. The Morgan fingerprint density at radius 1 is 1.25 bits per heavy atom. The highest BCUT2D eigenvalue weighted by Crippen LogP contribution is 2.30. The lowest BCUT2D eigenvalue weighted by atomic mass is 10.1. The van der Waals surface area contributed by atoms with Gasteiger partial charge in [0.2, 0.25) is 11.7 Å². The van der Waals surface area contributed by atoms with Crippen LogP contribution in [0.5, 0.6) is 5.88 Å². The maximum Gasteiger partial charge on any atom is 0.213 e. The average Bonchev–Trinajstić information content (AvgIpc) is 3.25. The van der Waals surface area contributed by atoms with Crippen molar-refractivity contribution < 1.29 is 14.3 Å². The summed E-state index contributed by atoms with van der Waals surface area (Å²) in [6, 6.07) is 7.69. The normalized spacial score (nSPS) is 15.2. The molecule has 0 unspecified atom stereocenters. The predicted molar refractivity (Wildman–Crippen MR) is 111 cm³/mol. The fraction of sp³-hybridized carbons (Fsp3) is 0.429. The third kappa shape index (κ3) is 3.97. The maximum absolute atomic E-state index is 12.9. The van der Waals surface area contributed by atoms with Crippen molar-refractivity contribution in [1.29, 1.82) is 0 Å². The van der Waals surface area contributed by atoms with E-state index in [1.54, 1.807) is 29.7 Å². The van der Waals surface area contributed by atoms with Crippen LogP contribution in [0, 0.1) is 6.92 Å². The standard InChI is InChI=1S/C21H25N3O3S/c1-3-27-19-5-4-16(14-22-19)20(25)18-13-17-12-15(2)24(21(17)28-18)7-6-23-8-10-26-11-9-23/h4-5,12-14H,3,6-11H2,1-2H3. The number of pyridine rings is 1. The predicted octanol–water partition coefficient (Wildman–Crippen LogP) is 3.37. The number of thiophene rings is 1. The van der Waals surface area contributed by atoms with Crippen LogP contribution < -0.4 is 4.74 Å². The summed E-state index contributed by atoms with van der Waals surface area (Å²) >= 11 is 1.56. The maximum atomic E-state index is 12.9. The molecule has 0 radical (unpaired) electrons. The van der Waals surface area contributed by atoms with Gasteiger partial charge >= 0.3 is 0 Å². The largest absolute Gasteiger partial charge is 0.478 e. The molecule has 1 aliphatic heterocycles. The smallest absolute Gasteiger partial charge is 0.213 e. The number of rotatable bonds is 7. The molecule has 1 saturated heterocycles. The van der Waals surface area contributed by atoms with Crippen molar-refractivity contribution in [1.82, 2.24) is 14.5 Å². The van der Waals surface area contributed by atoms with E-state index in [4.69, 9.17) is 9.47 Å². The molecule has 0 N–H and O–H groups in total. The summed E-state index contributed by atoms with van der Waals surface area (Å²) in [5.74, 6) is 0.551. The molecular weight excluding hydrogens is 374 g/mol. The van der Waals surface area contributed by atoms with Crippen LogP contribution in [0.1, 0.15) is 27.9 Å². The first kappa shape index (κ1) is 19.1. The van der Waals surface area contributed by atoms with E-state index in [1.165, 1.54) is 5.69 Å². The van der Waals surface area contributed by atoms with Gasteiger partial charge in [0, 0.05) is 55.1 Å². The number of ether oxygens (including phenoxy) is 2. The van der Waals surface area contributed by atoms with Gasteiger partial charge in [-0.25, -0.2) is 4.98 Å². The highest BCUT2D eigenvalue weighted by atomic mass is 32.1. The Morgan fingerprint density at radius 3 is 2.79 bits per heavy atom. The summed E-state index contributed by atoms with van der Waals surface area (Å²) in [6.45, 7) is 10.1. The molecule has 0 aliphatic carbocycles. The van der Waals surface area contributed by atoms with Crippen molar-refractivity contribution in [3.05, 3.63) is 46.6 Å². The summed E-state index contributed by atoms with van der Waals surface area (Å²) in [5, 5.41) is 1.13. The highest BCUT2D eigenvalue weighted by Gasteiger charge is 2.18. The third-order valence-corrected chi connectivity index (χ3v) is 6.21. The Bertz CT molecular complexity index is 955. The summed E-state index contributed by atoms with van der Waals surface area (Å²) in [5.41, 5.74) is 1.82. The first-order valence-corrected chi connectivity index (χ1v) is 10.5. The number of hydrogen-bond donors (Lipinski definition) is 0. The fourth-order valence-corrected chi connectivity index (χ4v) is 4.71. The highest BCUT2D eigenvalue weighted by molar-refractivity contribution is 7.20. The molecule has 7 heteroatoms. The molecule has 148 valence electrons. The average molecular weight is 400 g/mol. The van der Waals surface area contributed by atoms with Crippen LogP contribution in [-0.4, -0.2) is 59.7 Å². The van der Waals surface area contributed by atoms with Crippen molar-refractivity contribution in [2.24, 2.45) is 0 Å². The number of morpholine rings is 1. The minimum Gasteiger partial charge on any atom is -0.478 e. The van der Waals surface area contributed by atoms with Gasteiger partial charge in [-0.1, -0.05) is 0 Å². The Balaban J connectivity index is 1.52. The van der Waals surface area contributed by atoms with Gasteiger partial charge in [0.15, 0.2) is 0 Å². The van der Waals surface area contributed by atoms with Crippen molar-refractivity contribution in [2.75, 3.05) is 39.5 Å². The van der Waals surface area contributed by atoms with Gasteiger partial charge in [-0.15, -0.1) is 11.3 Å². The first-order chi connectivity index (χ1) is 13.7. The molecule has 1 fully saturated rings.